The van der Waals surface area contributed by atoms with Crippen LogP contribution < -0.4 is 10.5 Å². The van der Waals surface area contributed by atoms with Crippen molar-refractivity contribution in [2.45, 2.75) is 25.5 Å². The summed E-state index contributed by atoms with van der Waals surface area (Å²) in [6.45, 7) is 0.433. The highest BCUT2D eigenvalue weighted by Crippen LogP contribution is 2.35. The molecule has 0 saturated heterocycles. The third-order valence-electron chi connectivity index (χ3n) is 3.61. The number of nitriles is 1. The van der Waals surface area contributed by atoms with Gasteiger partial charge in [0.1, 0.15) is 24.1 Å². The number of benzene rings is 1. The molecule has 1 heterocycles. The summed E-state index contributed by atoms with van der Waals surface area (Å²) in [5, 5.41) is 8.84. The van der Waals surface area contributed by atoms with Gasteiger partial charge in [-0.1, -0.05) is 12.1 Å². The average Bonchev–Trinajstić information content (AvgIpc) is 2.88. The molecule has 4 nitrogen and oxygen atoms in total. The molecular weight excluding hydrogens is 250 g/mol. The van der Waals surface area contributed by atoms with E-state index >= 15 is 0 Å². The minimum absolute atomic E-state index is 0.125. The molecule has 1 aliphatic carbocycles. The molecular formula is C16H15N3O. The van der Waals surface area contributed by atoms with Gasteiger partial charge in [-0.2, -0.15) is 5.26 Å². The highest BCUT2D eigenvalue weighted by Gasteiger charge is 2.21. The molecule has 1 atom stereocenters. The van der Waals surface area contributed by atoms with Gasteiger partial charge in [0.05, 0.1) is 0 Å². The molecule has 0 saturated carbocycles. The van der Waals surface area contributed by atoms with Crippen LogP contribution in [0.3, 0.4) is 0 Å². The van der Waals surface area contributed by atoms with Crippen LogP contribution >= 0.6 is 0 Å². The minimum Gasteiger partial charge on any atom is -0.489 e. The Kier molecular flexibility index (Phi) is 3.36. The van der Waals surface area contributed by atoms with Gasteiger partial charge >= 0.3 is 0 Å². The fourth-order valence-electron chi connectivity index (χ4n) is 2.57. The summed E-state index contributed by atoms with van der Waals surface area (Å²) >= 11 is 0. The number of ether oxygens (including phenoxy) is 1. The van der Waals surface area contributed by atoms with E-state index in [0.717, 1.165) is 24.2 Å². The fraction of sp³-hybridized carbons (Fsp3) is 0.250. The van der Waals surface area contributed by atoms with E-state index in [0.29, 0.717) is 12.3 Å². The van der Waals surface area contributed by atoms with E-state index in [9.17, 15) is 0 Å². The lowest BCUT2D eigenvalue weighted by molar-refractivity contribution is 0.303. The SMILES string of the molecule is N#Cc1cc(COc2cccc3c2CCC3N)ccn1. The van der Waals surface area contributed by atoms with Gasteiger partial charge in [-0.05, 0) is 47.7 Å². The average molecular weight is 265 g/mol. The summed E-state index contributed by atoms with van der Waals surface area (Å²) < 4.78 is 5.89. The van der Waals surface area contributed by atoms with Gasteiger partial charge in [0.2, 0.25) is 0 Å². The van der Waals surface area contributed by atoms with E-state index in [1.165, 1.54) is 11.1 Å². The van der Waals surface area contributed by atoms with Crippen LogP contribution in [0.1, 0.15) is 34.8 Å². The summed E-state index contributed by atoms with van der Waals surface area (Å²) in [5.74, 6) is 0.894. The molecule has 1 aliphatic rings. The number of aromatic nitrogens is 1. The van der Waals surface area contributed by atoms with Crippen LogP contribution in [0.2, 0.25) is 0 Å². The zero-order valence-corrected chi connectivity index (χ0v) is 11.0. The van der Waals surface area contributed by atoms with Crippen molar-refractivity contribution < 1.29 is 4.74 Å². The third kappa shape index (κ3) is 2.36. The molecule has 0 spiro atoms. The van der Waals surface area contributed by atoms with Crippen molar-refractivity contribution >= 4 is 0 Å². The predicted octanol–water partition coefficient (Wildman–Crippen LogP) is 2.48. The first-order chi connectivity index (χ1) is 9.78. The highest BCUT2D eigenvalue weighted by atomic mass is 16.5. The van der Waals surface area contributed by atoms with Gasteiger partial charge in [-0.15, -0.1) is 0 Å². The maximum Gasteiger partial charge on any atom is 0.140 e. The van der Waals surface area contributed by atoms with Crippen LogP contribution in [0.5, 0.6) is 5.75 Å². The summed E-state index contributed by atoms with van der Waals surface area (Å²) in [4.78, 5) is 3.95. The molecule has 1 aromatic carbocycles. The maximum absolute atomic E-state index is 8.84. The first-order valence-corrected chi connectivity index (χ1v) is 6.63. The first kappa shape index (κ1) is 12.6. The molecule has 0 bridgehead atoms. The molecule has 0 amide bonds. The highest BCUT2D eigenvalue weighted by molar-refractivity contribution is 5.45. The minimum atomic E-state index is 0.125. The van der Waals surface area contributed by atoms with Crippen molar-refractivity contribution in [2.24, 2.45) is 5.73 Å². The number of pyridine rings is 1. The first-order valence-electron chi connectivity index (χ1n) is 6.63. The van der Waals surface area contributed by atoms with Crippen molar-refractivity contribution in [1.82, 2.24) is 4.98 Å². The quantitative estimate of drug-likeness (QED) is 0.925. The fourth-order valence-corrected chi connectivity index (χ4v) is 2.57. The molecule has 1 unspecified atom stereocenters. The van der Waals surface area contributed by atoms with Crippen LogP contribution in [-0.4, -0.2) is 4.98 Å². The predicted molar refractivity (Wildman–Crippen MR) is 75.0 cm³/mol. The zero-order valence-electron chi connectivity index (χ0n) is 11.0. The van der Waals surface area contributed by atoms with Crippen molar-refractivity contribution in [1.29, 1.82) is 5.26 Å². The van der Waals surface area contributed by atoms with Crippen LogP contribution in [0.15, 0.2) is 36.5 Å². The number of hydrogen-bond acceptors (Lipinski definition) is 4. The number of hydrogen-bond donors (Lipinski definition) is 1. The Hall–Kier alpha value is -2.38. The van der Waals surface area contributed by atoms with Crippen LogP contribution in [0.25, 0.3) is 0 Å². The standard InChI is InChI=1S/C16H15N3O/c17-9-12-8-11(6-7-19-12)10-20-16-3-1-2-13-14(16)4-5-15(13)18/h1-3,6-8,15H,4-5,10,18H2. The van der Waals surface area contributed by atoms with Crippen molar-refractivity contribution in [3.8, 4) is 11.8 Å². The Bertz CT molecular complexity index is 676. The summed E-state index contributed by atoms with van der Waals surface area (Å²) in [7, 11) is 0. The number of nitrogens with two attached hydrogens (primary N) is 1. The zero-order chi connectivity index (χ0) is 13.9. The monoisotopic (exact) mass is 265 g/mol. The van der Waals surface area contributed by atoms with Crippen LogP contribution in [0.4, 0.5) is 0 Å². The summed E-state index contributed by atoms with van der Waals surface area (Å²) in [6, 6.07) is 11.8. The van der Waals surface area contributed by atoms with Gasteiger partial charge in [0.15, 0.2) is 0 Å². The van der Waals surface area contributed by atoms with Gasteiger partial charge < -0.3 is 10.5 Å². The molecule has 0 radical (unpaired) electrons. The molecule has 0 fully saturated rings. The lowest BCUT2D eigenvalue weighted by atomic mass is 10.1. The second-order valence-electron chi connectivity index (χ2n) is 4.92. The Labute approximate surface area is 117 Å². The Morgan fingerprint density at radius 2 is 2.30 bits per heavy atom. The number of fused-ring (bicyclic) bond motifs is 1. The molecule has 100 valence electrons. The van der Waals surface area contributed by atoms with E-state index in [1.807, 2.05) is 24.3 Å². The second-order valence-corrected chi connectivity index (χ2v) is 4.92. The lowest BCUT2D eigenvalue weighted by Crippen LogP contribution is -2.05. The Balaban J connectivity index is 1.78. The van der Waals surface area contributed by atoms with E-state index in [4.69, 9.17) is 15.7 Å². The molecule has 0 aliphatic heterocycles. The van der Waals surface area contributed by atoms with Gasteiger partial charge in [-0.3, -0.25) is 0 Å². The third-order valence-corrected chi connectivity index (χ3v) is 3.61. The molecule has 1 aromatic heterocycles. The van der Waals surface area contributed by atoms with E-state index in [-0.39, 0.29) is 6.04 Å². The van der Waals surface area contributed by atoms with Gasteiger partial charge in [0, 0.05) is 12.2 Å². The van der Waals surface area contributed by atoms with Crippen LogP contribution in [0, 0.1) is 11.3 Å². The molecule has 4 heteroatoms. The molecule has 2 aromatic rings. The second kappa shape index (κ2) is 5.32. The normalized spacial score (nSPS) is 16.5. The van der Waals surface area contributed by atoms with Crippen molar-refractivity contribution in [2.75, 3.05) is 0 Å². The van der Waals surface area contributed by atoms with E-state index < -0.39 is 0 Å². The van der Waals surface area contributed by atoms with E-state index in [1.54, 1.807) is 12.3 Å². The van der Waals surface area contributed by atoms with E-state index in [2.05, 4.69) is 11.1 Å². The Morgan fingerprint density at radius 1 is 1.40 bits per heavy atom. The smallest absolute Gasteiger partial charge is 0.140 e. The van der Waals surface area contributed by atoms with Gasteiger partial charge in [0.25, 0.3) is 0 Å². The molecule has 20 heavy (non-hydrogen) atoms. The lowest BCUT2D eigenvalue weighted by Gasteiger charge is -2.11. The number of rotatable bonds is 3. The Morgan fingerprint density at radius 3 is 3.15 bits per heavy atom. The molecule has 2 N–H and O–H groups in total. The summed E-state index contributed by atoms with van der Waals surface area (Å²) in [6.07, 6.45) is 3.57. The summed E-state index contributed by atoms with van der Waals surface area (Å²) in [5.41, 5.74) is 9.82. The number of nitrogens with zero attached hydrogens (tertiary/aromatic N) is 2. The van der Waals surface area contributed by atoms with Gasteiger partial charge in [-0.25, -0.2) is 4.98 Å². The largest absolute Gasteiger partial charge is 0.489 e. The molecule has 3 rings (SSSR count). The van der Waals surface area contributed by atoms with Crippen molar-refractivity contribution in [3.63, 3.8) is 0 Å². The maximum atomic E-state index is 8.84. The topological polar surface area (TPSA) is 71.9 Å². The van der Waals surface area contributed by atoms with Crippen LogP contribution in [-0.2, 0) is 13.0 Å². The van der Waals surface area contributed by atoms with Crippen molar-refractivity contribution in [3.05, 3.63) is 58.9 Å².